The zero-order valence-corrected chi connectivity index (χ0v) is 22.5. The predicted molar refractivity (Wildman–Crippen MR) is 141 cm³/mol. The van der Waals surface area contributed by atoms with Gasteiger partial charge in [0.15, 0.2) is 0 Å². The number of benzene rings is 1. The number of nitrogens with zero attached hydrogens (tertiary/aromatic N) is 1. The van der Waals surface area contributed by atoms with E-state index >= 15 is 0 Å². The number of hydrogen-bond donors (Lipinski definition) is 2. The highest BCUT2D eigenvalue weighted by atomic mass is 32.2. The van der Waals surface area contributed by atoms with Crippen molar-refractivity contribution in [1.29, 1.82) is 0 Å². The standard InChI is InChI=1S/C26H41N3O4S/c1-9-15-29(24(31)21(14-16-34-8)28-25(32)33-26(5,6)7)22(23(30)27-18(3)4)20-13-11-12-19(10-2)17-20/h10-13,17-18,21-22H,2,9,14-16H2,1,3-8H3,(H,27,30)(H,28,32). The quantitative estimate of drug-likeness (QED) is 0.439. The van der Waals surface area contributed by atoms with E-state index in [0.717, 1.165) is 5.56 Å². The molecule has 0 fully saturated rings. The molecule has 2 atom stereocenters. The van der Waals surface area contributed by atoms with Crippen LogP contribution in [0.15, 0.2) is 30.8 Å². The van der Waals surface area contributed by atoms with Gasteiger partial charge in [0.05, 0.1) is 0 Å². The second kappa shape index (κ2) is 14.0. The number of carbonyl (C=O) groups is 3. The zero-order chi connectivity index (χ0) is 25.9. The molecular formula is C26H41N3O4S. The Morgan fingerprint density at radius 3 is 2.41 bits per heavy atom. The Kier molecular flexibility index (Phi) is 12.2. The summed E-state index contributed by atoms with van der Waals surface area (Å²) in [6.07, 6.45) is 4.07. The molecular weight excluding hydrogens is 450 g/mol. The molecule has 2 N–H and O–H groups in total. The van der Waals surface area contributed by atoms with Crippen LogP contribution in [0.25, 0.3) is 6.08 Å². The van der Waals surface area contributed by atoms with Crippen LogP contribution in [-0.4, -0.2) is 59.0 Å². The summed E-state index contributed by atoms with van der Waals surface area (Å²) in [6, 6.07) is 5.70. The molecule has 0 aromatic heterocycles. The van der Waals surface area contributed by atoms with Crippen molar-refractivity contribution < 1.29 is 19.1 Å². The van der Waals surface area contributed by atoms with Gasteiger partial charge >= 0.3 is 6.09 Å². The summed E-state index contributed by atoms with van der Waals surface area (Å²) < 4.78 is 5.40. The minimum absolute atomic E-state index is 0.0941. The number of amides is 3. The molecule has 0 bridgehead atoms. The first-order chi connectivity index (χ1) is 15.9. The lowest BCUT2D eigenvalue weighted by Crippen LogP contribution is -2.53. The molecule has 34 heavy (non-hydrogen) atoms. The smallest absolute Gasteiger partial charge is 0.408 e. The SMILES string of the molecule is C=Cc1cccc(C(C(=O)NC(C)C)N(CCC)C(=O)C(CCSC)NC(=O)OC(C)(C)C)c1. The lowest BCUT2D eigenvalue weighted by Gasteiger charge is -2.35. The van der Waals surface area contributed by atoms with Gasteiger partial charge in [0.1, 0.15) is 17.7 Å². The first-order valence-electron chi connectivity index (χ1n) is 11.7. The maximum Gasteiger partial charge on any atom is 0.408 e. The predicted octanol–water partition coefficient (Wildman–Crippen LogP) is 4.78. The highest BCUT2D eigenvalue weighted by molar-refractivity contribution is 7.98. The first-order valence-corrected chi connectivity index (χ1v) is 13.1. The lowest BCUT2D eigenvalue weighted by atomic mass is 9.99. The van der Waals surface area contributed by atoms with Crippen LogP contribution in [0.3, 0.4) is 0 Å². The summed E-state index contributed by atoms with van der Waals surface area (Å²) in [5.74, 6) is 0.0922. The van der Waals surface area contributed by atoms with Crippen molar-refractivity contribution in [3.05, 3.63) is 42.0 Å². The van der Waals surface area contributed by atoms with E-state index in [9.17, 15) is 14.4 Å². The van der Waals surface area contributed by atoms with Gasteiger partial charge in [-0.15, -0.1) is 0 Å². The van der Waals surface area contributed by atoms with Crippen LogP contribution in [0.2, 0.25) is 0 Å². The molecule has 0 radical (unpaired) electrons. The van der Waals surface area contributed by atoms with Crippen LogP contribution in [-0.2, 0) is 14.3 Å². The van der Waals surface area contributed by atoms with E-state index in [0.29, 0.717) is 30.7 Å². The highest BCUT2D eigenvalue weighted by Crippen LogP contribution is 2.25. The number of alkyl carbamates (subject to hydrolysis) is 1. The van der Waals surface area contributed by atoms with Crippen LogP contribution in [0, 0.1) is 0 Å². The van der Waals surface area contributed by atoms with Crippen LogP contribution < -0.4 is 10.6 Å². The summed E-state index contributed by atoms with van der Waals surface area (Å²) in [6.45, 7) is 15.2. The molecule has 0 aliphatic rings. The van der Waals surface area contributed by atoms with Crippen molar-refractivity contribution in [1.82, 2.24) is 15.5 Å². The largest absolute Gasteiger partial charge is 0.444 e. The van der Waals surface area contributed by atoms with Crippen molar-refractivity contribution in [3.8, 4) is 0 Å². The van der Waals surface area contributed by atoms with Crippen LogP contribution >= 0.6 is 11.8 Å². The van der Waals surface area contributed by atoms with E-state index < -0.39 is 23.8 Å². The Labute approximate surface area is 209 Å². The van der Waals surface area contributed by atoms with Gasteiger partial charge in [0.25, 0.3) is 0 Å². The third-order valence-electron chi connectivity index (χ3n) is 4.80. The minimum Gasteiger partial charge on any atom is -0.444 e. The second-order valence-electron chi connectivity index (χ2n) is 9.45. The van der Waals surface area contributed by atoms with E-state index in [1.54, 1.807) is 43.5 Å². The molecule has 0 heterocycles. The Morgan fingerprint density at radius 2 is 1.88 bits per heavy atom. The normalized spacial score (nSPS) is 13.1. The summed E-state index contributed by atoms with van der Waals surface area (Å²) >= 11 is 1.58. The number of carbonyl (C=O) groups excluding carboxylic acids is 3. The van der Waals surface area contributed by atoms with Gasteiger partial charge in [-0.2, -0.15) is 11.8 Å². The number of hydrogen-bond acceptors (Lipinski definition) is 5. The lowest BCUT2D eigenvalue weighted by molar-refractivity contribution is -0.142. The van der Waals surface area contributed by atoms with Crippen LogP contribution in [0.4, 0.5) is 4.79 Å². The van der Waals surface area contributed by atoms with E-state index in [1.807, 2.05) is 51.3 Å². The van der Waals surface area contributed by atoms with Crippen molar-refractivity contribution >= 4 is 35.7 Å². The van der Waals surface area contributed by atoms with Crippen molar-refractivity contribution in [3.63, 3.8) is 0 Å². The molecule has 8 heteroatoms. The van der Waals surface area contributed by atoms with Gasteiger partial charge in [-0.1, -0.05) is 37.8 Å². The number of thioether (sulfide) groups is 1. The Hall–Kier alpha value is -2.48. The fourth-order valence-corrected chi connectivity index (χ4v) is 3.91. The first kappa shape index (κ1) is 29.6. The fourth-order valence-electron chi connectivity index (χ4n) is 3.44. The molecule has 190 valence electrons. The van der Waals surface area contributed by atoms with Crippen molar-refractivity contribution in [2.24, 2.45) is 0 Å². The molecule has 7 nitrogen and oxygen atoms in total. The molecule has 0 aliphatic carbocycles. The van der Waals surface area contributed by atoms with Crippen molar-refractivity contribution in [2.45, 2.75) is 78.1 Å². The van der Waals surface area contributed by atoms with E-state index in [4.69, 9.17) is 4.74 Å². The average molecular weight is 492 g/mol. The Bertz CT molecular complexity index is 836. The van der Waals surface area contributed by atoms with Gasteiger partial charge in [0.2, 0.25) is 11.8 Å². The molecule has 1 aromatic carbocycles. The Morgan fingerprint density at radius 1 is 1.21 bits per heavy atom. The van der Waals surface area contributed by atoms with Gasteiger partial charge < -0.3 is 20.3 Å². The van der Waals surface area contributed by atoms with Crippen LogP contribution in [0.1, 0.15) is 71.6 Å². The zero-order valence-electron chi connectivity index (χ0n) is 21.6. The third kappa shape index (κ3) is 9.79. The molecule has 0 saturated carbocycles. The Balaban J connectivity index is 3.42. The van der Waals surface area contributed by atoms with Crippen molar-refractivity contribution in [2.75, 3.05) is 18.6 Å². The summed E-state index contributed by atoms with van der Waals surface area (Å²) in [4.78, 5) is 41.3. The maximum atomic E-state index is 13.8. The summed E-state index contributed by atoms with van der Waals surface area (Å²) in [5, 5.41) is 5.69. The molecule has 0 spiro atoms. The van der Waals surface area contributed by atoms with Gasteiger partial charge in [-0.05, 0) is 76.7 Å². The average Bonchev–Trinajstić information content (AvgIpc) is 2.74. The van der Waals surface area contributed by atoms with Crippen LogP contribution in [0.5, 0.6) is 0 Å². The van der Waals surface area contributed by atoms with E-state index in [-0.39, 0.29) is 17.9 Å². The molecule has 3 amide bonds. The van der Waals surface area contributed by atoms with Gasteiger partial charge in [-0.3, -0.25) is 9.59 Å². The summed E-state index contributed by atoms with van der Waals surface area (Å²) in [7, 11) is 0. The molecule has 1 rings (SSSR count). The van der Waals surface area contributed by atoms with E-state index in [1.165, 1.54) is 0 Å². The number of nitrogens with one attached hydrogen (secondary N) is 2. The monoisotopic (exact) mass is 491 g/mol. The molecule has 1 aromatic rings. The minimum atomic E-state index is -0.841. The number of rotatable bonds is 12. The molecule has 0 aliphatic heterocycles. The third-order valence-corrected chi connectivity index (χ3v) is 5.44. The second-order valence-corrected chi connectivity index (χ2v) is 10.4. The summed E-state index contributed by atoms with van der Waals surface area (Å²) in [5.41, 5.74) is 0.860. The molecule has 0 saturated heterocycles. The number of ether oxygens (including phenoxy) is 1. The fraction of sp³-hybridized carbons (Fsp3) is 0.577. The van der Waals surface area contributed by atoms with Gasteiger partial charge in [-0.25, -0.2) is 4.79 Å². The topological polar surface area (TPSA) is 87.7 Å². The molecule has 2 unspecified atom stereocenters. The highest BCUT2D eigenvalue weighted by Gasteiger charge is 2.36. The maximum absolute atomic E-state index is 13.8. The van der Waals surface area contributed by atoms with Gasteiger partial charge in [0, 0.05) is 12.6 Å². The van der Waals surface area contributed by atoms with E-state index in [2.05, 4.69) is 17.2 Å².